The van der Waals surface area contributed by atoms with Crippen LogP contribution in [0.3, 0.4) is 0 Å². The average molecular weight is 324 g/mol. The van der Waals surface area contributed by atoms with Crippen molar-refractivity contribution in [3.63, 3.8) is 0 Å². The van der Waals surface area contributed by atoms with Gasteiger partial charge in [-0.3, -0.25) is 4.68 Å². The summed E-state index contributed by atoms with van der Waals surface area (Å²) in [7, 11) is 0. The van der Waals surface area contributed by atoms with Gasteiger partial charge in [0.05, 0.1) is 6.20 Å². The van der Waals surface area contributed by atoms with Gasteiger partial charge in [-0.25, -0.2) is 4.79 Å². The van der Waals surface area contributed by atoms with Crippen LogP contribution in [0.1, 0.15) is 59.6 Å². The summed E-state index contributed by atoms with van der Waals surface area (Å²) in [5.74, 6) is 0. The summed E-state index contributed by atoms with van der Waals surface area (Å²) in [6.45, 7) is 14.8. The van der Waals surface area contributed by atoms with Gasteiger partial charge in [-0.2, -0.15) is 5.10 Å². The third-order valence-electron chi connectivity index (χ3n) is 3.45. The lowest BCUT2D eigenvalue weighted by atomic mass is 10.2. The van der Waals surface area contributed by atoms with E-state index >= 15 is 0 Å². The molecule has 0 saturated heterocycles. The van der Waals surface area contributed by atoms with Gasteiger partial charge in [-0.15, -0.1) is 0 Å². The largest absolute Gasteiger partial charge is 0.444 e. The van der Waals surface area contributed by atoms with Gasteiger partial charge in [0.1, 0.15) is 5.60 Å². The van der Waals surface area contributed by atoms with Crippen LogP contribution in [0.4, 0.5) is 4.79 Å². The number of ether oxygens (including phenoxy) is 1. The highest BCUT2D eigenvalue weighted by atomic mass is 16.6. The van der Waals surface area contributed by atoms with Gasteiger partial charge < -0.3 is 15.0 Å². The Balaban J connectivity index is 2.47. The molecule has 0 fully saturated rings. The summed E-state index contributed by atoms with van der Waals surface area (Å²) in [6, 6.07) is 0.206. The number of aryl methyl sites for hydroxylation is 1. The van der Waals surface area contributed by atoms with E-state index in [2.05, 4.69) is 37.4 Å². The Hall–Kier alpha value is -1.56. The molecule has 1 atom stereocenters. The minimum atomic E-state index is -0.460. The molecule has 0 spiro atoms. The molecular formula is C17H32N4O2. The SMILES string of the molecule is CCCN(CCNC(C)c1cnn(CC)c1)C(=O)OC(C)(C)C. The number of hydrogen-bond acceptors (Lipinski definition) is 4. The van der Waals surface area contributed by atoms with Gasteiger partial charge in [0.25, 0.3) is 0 Å². The zero-order chi connectivity index (χ0) is 17.5. The molecule has 1 amide bonds. The number of nitrogens with one attached hydrogen (secondary N) is 1. The number of hydrogen-bond donors (Lipinski definition) is 1. The van der Waals surface area contributed by atoms with Crippen molar-refractivity contribution in [2.24, 2.45) is 0 Å². The molecule has 0 bridgehead atoms. The molecule has 132 valence electrons. The summed E-state index contributed by atoms with van der Waals surface area (Å²) < 4.78 is 7.37. The smallest absolute Gasteiger partial charge is 0.410 e. The number of rotatable bonds is 8. The predicted molar refractivity (Wildman–Crippen MR) is 92.4 cm³/mol. The fourth-order valence-electron chi connectivity index (χ4n) is 2.20. The van der Waals surface area contributed by atoms with Crippen molar-refractivity contribution < 1.29 is 9.53 Å². The first kappa shape index (κ1) is 19.5. The molecule has 1 unspecified atom stereocenters. The van der Waals surface area contributed by atoms with Crippen LogP contribution in [0.5, 0.6) is 0 Å². The van der Waals surface area contributed by atoms with Crippen molar-refractivity contribution in [3.05, 3.63) is 18.0 Å². The number of carbonyl (C=O) groups excluding carboxylic acids is 1. The van der Waals surface area contributed by atoms with E-state index in [1.807, 2.05) is 31.6 Å². The first-order valence-corrected chi connectivity index (χ1v) is 8.50. The second-order valence-electron chi connectivity index (χ2n) is 6.77. The third kappa shape index (κ3) is 7.03. The van der Waals surface area contributed by atoms with Gasteiger partial charge >= 0.3 is 6.09 Å². The molecule has 1 N–H and O–H groups in total. The maximum absolute atomic E-state index is 12.2. The minimum absolute atomic E-state index is 0.206. The Morgan fingerprint density at radius 1 is 1.39 bits per heavy atom. The highest BCUT2D eigenvalue weighted by Gasteiger charge is 2.21. The van der Waals surface area contributed by atoms with E-state index in [4.69, 9.17) is 4.74 Å². The Kier molecular flexibility index (Phi) is 7.55. The summed E-state index contributed by atoms with van der Waals surface area (Å²) in [5.41, 5.74) is 0.699. The molecule has 0 aromatic carbocycles. The summed E-state index contributed by atoms with van der Waals surface area (Å²) in [5, 5.41) is 7.73. The Morgan fingerprint density at radius 2 is 2.09 bits per heavy atom. The van der Waals surface area contributed by atoms with Gasteiger partial charge in [0, 0.05) is 44.0 Å². The zero-order valence-corrected chi connectivity index (χ0v) is 15.4. The van der Waals surface area contributed by atoms with E-state index in [9.17, 15) is 4.79 Å². The first-order valence-electron chi connectivity index (χ1n) is 8.50. The van der Waals surface area contributed by atoms with E-state index in [1.165, 1.54) is 0 Å². The molecule has 6 nitrogen and oxygen atoms in total. The van der Waals surface area contributed by atoms with Crippen LogP contribution in [-0.2, 0) is 11.3 Å². The molecule has 0 aliphatic carbocycles. The number of aromatic nitrogens is 2. The van der Waals surface area contributed by atoms with Gasteiger partial charge in [0.15, 0.2) is 0 Å². The van der Waals surface area contributed by atoms with E-state index in [0.29, 0.717) is 13.1 Å². The minimum Gasteiger partial charge on any atom is -0.444 e. The van der Waals surface area contributed by atoms with Crippen LogP contribution in [0.15, 0.2) is 12.4 Å². The monoisotopic (exact) mass is 324 g/mol. The van der Waals surface area contributed by atoms with E-state index in [-0.39, 0.29) is 12.1 Å². The van der Waals surface area contributed by atoms with E-state index in [0.717, 1.165) is 25.1 Å². The second-order valence-corrected chi connectivity index (χ2v) is 6.77. The standard InChI is InChI=1S/C17H32N4O2/c1-7-10-20(16(22)23-17(4,5)6)11-9-18-14(3)15-12-19-21(8-2)13-15/h12-14,18H,7-11H2,1-6H3. The van der Waals surface area contributed by atoms with Gasteiger partial charge in [-0.1, -0.05) is 6.92 Å². The van der Waals surface area contributed by atoms with Crippen LogP contribution < -0.4 is 5.32 Å². The highest BCUT2D eigenvalue weighted by molar-refractivity contribution is 5.68. The Labute approximate surface area is 140 Å². The Morgan fingerprint density at radius 3 is 2.61 bits per heavy atom. The van der Waals surface area contributed by atoms with Crippen LogP contribution in [0.25, 0.3) is 0 Å². The van der Waals surface area contributed by atoms with Gasteiger partial charge in [-0.05, 0) is 41.0 Å². The van der Waals surface area contributed by atoms with Crippen LogP contribution in [0.2, 0.25) is 0 Å². The highest BCUT2D eigenvalue weighted by Crippen LogP contribution is 2.12. The van der Waals surface area contributed by atoms with Gasteiger partial charge in [0.2, 0.25) is 0 Å². The summed E-state index contributed by atoms with van der Waals surface area (Å²) in [6.07, 6.45) is 4.61. The lowest BCUT2D eigenvalue weighted by molar-refractivity contribution is 0.0251. The third-order valence-corrected chi connectivity index (χ3v) is 3.45. The number of nitrogens with zero attached hydrogens (tertiary/aromatic N) is 3. The molecule has 0 aliphatic heterocycles. The quantitative estimate of drug-likeness (QED) is 0.798. The number of amides is 1. The van der Waals surface area contributed by atoms with Crippen molar-refractivity contribution in [1.29, 1.82) is 0 Å². The molecule has 1 rings (SSSR count). The Bertz CT molecular complexity index is 479. The zero-order valence-electron chi connectivity index (χ0n) is 15.4. The lowest BCUT2D eigenvalue weighted by Crippen LogP contribution is -2.41. The lowest BCUT2D eigenvalue weighted by Gasteiger charge is -2.27. The topological polar surface area (TPSA) is 59.4 Å². The molecular weight excluding hydrogens is 292 g/mol. The molecule has 6 heteroatoms. The molecule has 0 saturated carbocycles. The van der Waals surface area contributed by atoms with Crippen molar-refractivity contribution >= 4 is 6.09 Å². The molecule has 1 aromatic rings. The molecule has 23 heavy (non-hydrogen) atoms. The molecule has 1 heterocycles. The van der Waals surface area contributed by atoms with E-state index in [1.54, 1.807) is 4.90 Å². The molecule has 1 aromatic heterocycles. The molecule has 0 radical (unpaired) electrons. The number of carbonyl (C=O) groups is 1. The van der Waals surface area contributed by atoms with Crippen molar-refractivity contribution in [2.45, 2.75) is 66.2 Å². The van der Waals surface area contributed by atoms with Crippen LogP contribution >= 0.6 is 0 Å². The van der Waals surface area contributed by atoms with Crippen molar-refractivity contribution in [1.82, 2.24) is 20.0 Å². The second kappa shape index (κ2) is 8.91. The predicted octanol–water partition coefficient (Wildman–Crippen LogP) is 3.20. The first-order chi connectivity index (χ1) is 10.8. The van der Waals surface area contributed by atoms with E-state index < -0.39 is 5.60 Å². The fraction of sp³-hybridized carbons (Fsp3) is 0.765. The normalized spacial score (nSPS) is 13.0. The maximum Gasteiger partial charge on any atom is 0.410 e. The van der Waals surface area contributed by atoms with Crippen molar-refractivity contribution in [2.75, 3.05) is 19.6 Å². The van der Waals surface area contributed by atoms with Crippen LogP contribution in [0, 0.1) is 0 Å². The van der Waals surface area contributed by atoms with Crippen LogP contribution in [-0.4, -0.2) is 46.0 Å². The maximum atomic E-state index is 12.2. The summed E-state index contributed by atoms with van der Waals surface area (Å²) in [4.78, 5) is 14.0. The van der Waals surface area contributed by atoms with Crippen molar-refractivity contribution in [3.8, 4) is 0 Å². The fourth-order valence-corrected chi connectivity index (χ4v) is 2.20. The summed E-state index contributed by atoms with van der Waals surface area (Å²) >= 11 is 0. The average Bonchev–Trinajstić information content (AvgIpc) is 2.93. The molecule has 0 aliphatic rings.